The third kappa shape index (κ3) is 5.58. The minimum Gasteiger partial charge on any atom is -0.497 e. The molecule has 0 spiro atoms. The van der Waals surface area contributed by atoms with Gasteiger partial charge in [-0.25, -0.2) is 4.98 Å². The number of methoxy groups -OCH3 is 1. The molecule has 0 saturated carbocycles. The lowest BCUT2D eigenvalue weighted by Crippen LogP contribution is -2.11. The van der Waals surface area contributed by atoms with Gasteiger partial charge in [-0.15, -0.1) is 0 Å². The van der Waals surface area contributed by atoms with Crippen LogP contribution < -0.4 is 15.4 Å². The molecule has 0 unspecified atom stereocenters. The second-order valence-electron chi connectivity index (χ2n) is 8.19. The molecule has 1 aromatic heterocycles. The summed E-state index contributed by atoms with van der Waals surface area (Å²) in [7, 11) is 1.58. The van der Waals surface area contributed by atoms with Crippen LogP contribution in [0, 0.1) is 0 Å². The number of aromatic nitrogens is 2. The molecular weight excluding hydrogens is 511 g/mol. The number of hydrogen-bond donors (Lipinski definition) is 3. The van der Waals surface area contributed by atoms with E-state index in [0.717, 1.165) is 16.6 Å². The van der Waals surface area contributed by atoms with Crippen molar-refractivity contribution in [3.63, 3.8) is 0 Å². The number of anilines is 2. The van der Waals surface area contributed by atoms with Gasteiger partial charge in [0.2, 0.25) is 0 Å². The summed E-state index contributed by atoms with van der Waals surface area (Å²) < 4.78 is 5.13. The minimum absolute atomic E-state index is 0.214. The van der Waals surface area contributed by atoms with Crippen molar-refractivity contribution in [1.82, 2.24) is 9.97 Å². The number of aromatic amines is 1. The van der Waals surface area contributed by atoms with Gasteiger partial charge >= 0.3 is 0 Å². The standard InChI is InChI=1S/C28H20Cl2N4O3/c1-37-23-9-4-17(5-10-23)27(35)31-21-6-2-16(3-7-21)26-33-24-11-8-22(15-25(24)34-26)32-28(36)18-12-19(29)14-20(30)13-18/h2-15H,1H3,(H,31,35)(H,32,36)(H,33,34). The van der Waals surface area contributed by atoms with Gasteiger partial charge in [-0.05, 0) is 84.9 Å². The number of benzene rings is 4. The lowest BCUT2D eigenvalue weighted by atomic mass is 10.1. The first-order valence-corrected chi connectivity index (χ1v) is 12.0. The molecule has 0 saturated heterocycles. The third-order valence-corrected chi connectivity index (χ3v) is 6.07. The van der Waals surface area contributed by atoms with Crippen LogP contribution in [0.5, 0.6) is 5.75 Å². The summed E-state index contributed by atoms with van der Waals surface area (Å²) in [6, 6.07) is 24.3. The maximum absolute atomic E-state index is 12.6. The van der Waals surface area contributed by atoms with E-state index >= 15 is 0 Å². The first-order chi connectivity index (χ1) is 17.9. The van der Waals surface area contributed by atoms with Crippen molar-refractivity contribution in [2.45, 2.75) is 0 Å². The van der Waals surface area contributed by atoms with E-state index in [2.05, 4.69) is 20.6 Å². The van der Waals surface area contributed by atoms with Crippen LogP contribution in [-0.2, 0) is 0 Å². The molecule has 5 aromatic rings. The van der Waals surface area contributed by atoms with Crippen LogP contribution in [0.1, 0.15) is 20.7 Å². The summed E-state index contributed by atoms with van der Waals surface area (Å²) in [5.41, 5.74) is 4.50. The van der Waals surface area contributed by atoms with E-state index in [1.807, 2.05) is 30.3 Å². The predicted molar refractivity (Wildman–Crippen MR) is 147 cm³/mol. The Morgan fingerprint density at radius 1 is 0.757 bits per heavy atom. The smallest absolute Gasteiger partial charge is 0.255 e. The number of carbonyl (C=O) groups excluding carboxylic acids is 2. The van der Waals surface area contributed by atoms with E-state index < -0.39 is 0 Å². The summed E-state index contributed by atoms with van der Waals surface area (Å²) in [5.74, 6) is 0.810. The molecule has 9 heteroatoms. The Balaban J connectivity index is 1.29. The van der Waals surface area contributed by atoms with Crippen LogP contribution in [0.15, 0.2) is 84.9 Å². The van der Waals surface area contributed by atoms with Gasteiger partial charge in [-0.2, -0.15) is 0 Å². The number of carbonyl (C=O) groups is 2. The van der Waals surface area contributed by atoms with Gasteiger partial charge in [0, 0.05) is 38.1 Å². The number of H-pyrrole nitrogens is 1. The largest absolute Gasteiger partial charge is 0.497 e. The van der Waals surface area contributed by atoms with Crippen molar-refractivity contribution in [2.75, 3.05) is 17.7 Å². The number of rotatable bonds is 6. The SMILES string of the molecule is COc1ccc(C(=O)Nc2ccc(-c3nc4ccc(NC(=O)c5cc(Cl)cc(Cl)c5)cc4[nH]3)cc2)cc1. The maximum atomic E-state index is 12.6. The van der Waals surface area contributed by atoms with E-state index in [1.54, 1.807) is 61.7 Å². The normalized spacial score (nSPS) is 10.8. The van der Waals surface area contributed by atoms with Crippen molar-refractivity contribution in [2.24, 2.45) is 0 Å². The van der Waals surface area contributed by atoms with Crippen LogP contribution in [0.3, 0.4) is 0 Å². The molecule has 0 aliphatic rings. The molecule has 2 amide bonds. The molecule has 7 nitrogen and oxygen atoms in total. The van der Waals surface area contributed by atoms with E-state index in [0.29, 0.717) is 44.1 Å². The summed E-state index contributed by atoms with van der Waals surface area (Å²) >= 11 is 12.0. The van der Waals surface area contributed by atoms with Crippen LogP contribution in [-0.4, -0.2) is 28.9 Å². The highest BCUT2D eigenvalue weighted by molar-refractivity contribution is 6.35. The molecule has 4 aromatic carbocycles. The summed E-state index contributed by atoms with van der Waals surface area (Å²) in [4.78, 5) is 33.0. The second-order valence-corrected chi connectivity index (χ2v) is 9.06. The molecule has 0 atom stereocenters. The summed E-state index contributed by atoms with van der Waals surface area (Å²) in [5, 5.41) is 6.50. The first kappa shape index (κ1) is 24.4. The Hall–Kier alpha value is -4.33. The van der Waals surface area contributed by atoms with E-state index in [-0.39, 0.29) is 11.8 Å². The molecule has 5 rings (SSSR count). The van der Waals surface area contributed by atoms with Crippen molar-refractivity contribution in [3.8, 4) is 17.1 Å². The predicted octanol–water partition coefficient (Wildman–Crippen LogP) is 7.05. The molecule has 0 aliphatic heterocycles. The molecule has 0 aliphatic carbocycles. The quantitative estimate of drug-likeness (QED) is 0.219. The molecule has 0 radical (unpaired) electrons. The Kier molecular flexibility index (Phi) is 6.81. The van der Waals surface area contributed by atoms with Gasteiger partial charge in [-0.1, -0.05) is 23.2 Å². The third-order valence-electron chi connectivity index (χ3n) is 5.63. The summed E-state index contributed by atoms with van der Waals surface area (Å²) in [6.07, 6.45) is 0. The zero-order valence-corrected chi connectivity index (χ0v) is 21.0. The Bertz CT molecular complexity index is 1590. The topological polar surface area (TPSA) is 96.1 Å². The zero-order valence-electron chi connectivity index (χ0n) is 19.5. The highest BCUT2D eigenvalue weighted by Gasteiger charge is 2.12. The lowest BCUT2D eigenvalue weighted by Gasteiger charge is -2.07. The van der Waals surface area contributed by atoms with E-state index in [1.165, 1.54) is 0 Å². The van der Waals surface area contributed by atoms with Crippen molar-refractivity contribution in [3.05, 3.63) is 106 Å². The van der Waals surface area contributed by atoms with Crippen LogP contribution in [0.25, 0.3) is 22.4 Å². The molecular formula is C28H20Cl2N4O3. The number of fused-ring (bicyclic) bond motifs is 1. The average Bonchev–Trinajstić information content (AvgIpc) is 3.32. The second kappa shape index (κ2) is 10.3. The number of ether oxygens (including phenoxy) is 1. The van der Waals surface area contributed by atoms with Gasteiger partial charge < -0.3 is 20.4 Å². The van der Waals surface area contributed by atoms with Crippen LogP contribution in [0.4, 0.5) is 11.4 Å². The van der Waals surface area contributed by atoms with E-state index in [4.69, 9.17) is 27.9 Å². The van der Waals surface area contributed by atoms with Gasteiger partial charge in [0.1, 0.15) is 11.6 Å². The number of nitrogens with one attached hydrogen (secondary N) is 3. The highest BCUT2D eigenvalue weighted by atomic mass is 35.5. The average molecular weight is 531 g/mol. The van der Waals surface area contributed by atoms with Crippen LogP contribution in [0.2, 0.25) is 10.0 Å². The fourth-order valence-corrected chi connectivity index (χ4v) is 4.30. The fraction of sp³-hybridized carbons (Fsp3) is 0.0357. The molecule has 3 N–H and O–H groups in total. The Morgan fingerprint density at radius 2 is 1.38 bits per heavy atom. The van der Waals surface area contributed by atoms with Gasteiger partial charge in [-0.3, -0.25) is 9.59 Å². The zero-order chi connectivity index (χ0) is 25.9. The maximum Gasteiger partial charge on any atom is 0.255 e. The molecule has 37 heavy (non-hydrogen) atoms. The van der Waals surface area contributed by atoms with Crippen molar-refractivity contribution >= 4 is 57.4 Å². The molecule has 1 heterocycles. The summed E-state index contributed by atoms with van der Waals surface area (Å²) in [6.45, 7) is 0. The fourth-order valence-electron chi connectivity index (χ4n) is 3.77. The van der Waals surface area contributed by atoms with E-state index in [9.17, 15) is 9.59 Å². The van der Waals surface area contributed by atoms with Crippen LogP contribution >= 0.6 is 23.2 Å². The number of nitrogens with zero attached hydrogens (tertiary/aromatic N) is 1. The van der Waals surface area contributed by atoms with Crippen molar-refractivity contribution in [1.29, 1.82) is 0 Å². The first-order valence-electron chi connectivity index (χ1n) is 11.2. The van der Waals surface area contributed by atoms with Crippen molar-refractivity contribution < 1.29 is 14.3 Å². The molecule has 184 valence electrons. The number of hydrogen-bond acceptors (Lipinski definition) is 4. The Morgan fingerprint density at radius 3 is 2.05 bits per heavy atom. The van der Waals surface area contributed by atoms with Gasteiger partial charge in [0.25, 0.3) is 11.8 Å². The minimum atomic E-state index is -0.323. The number of amides is 2. The number of imidazole rings is 1. The highest BCUT2D eigenvalue weighted by Crippen LogP contribution is 2.25. The monoisotopic (exact) mass is 530 g/mol. The van der Waals surface area contributed by atoms with Gasteiger partial charge in [0.05, 0.1) is 18.1 Å². The lowest BCUT2D eigenvalue weighted by molar-refractivity contribution is 0.101. The number of halogens is 2. The van der Waals surface area contributed by atoms with Gasteiger partial charge in [0.15, 0.2) is 0 Å². The molecule has 0 bridgehead atoms. The Labute approximate surface area is 222 Å². The molecule has 0 fully saturated rings.